The van der Waals surface area contributed by atoms with Crippen LogP contribution in [0.3, 0.4) is 0 Å². The van der Waals surface area contributed by atoms with Gasteiger partial charge in [0.05, 0.1) is 0 Å². The second-order valence-electron chi connectivity index (χ2n) is 17.5. The molecule has 4 bridgehead atoms. The summed E-state index contributed by atoms with van der Waals surface area (Å²) in [7, 11) is 0. The molecule has 5 aliphatic rings. The minimum atomic E-state index is 0. The monoisotopic (exact) mass is 898 g/mol. The third kappa shape index (κ3) is 9.87. The van der Waals surface area contributed by atoms with Gasteiger partial charge in [0.15, 0.2) is 0 Å². The molecule has 0 spiro atoms. The first kappa shape index (κ1) is 44.1. The number of fused-ring (bicyclic) bond motifs is 3. The Morgan fingerprint density at radius 3 is 1.67 bits per heavy atom. The number of benzene rings is 6. The van der Waals surface area contributed by atoms with Gasteiger partial charge in [-0.25, -0.2) is 12.2 Å². The third-order valence-electron chi connectivity index (χ3n) is 13.5. The van der Waals surface area contributed by atoms with Crippen LogP contribution in [0.4, 0.5) is 0 Å². The van der Waals surface area contributed by atoms with Gasteiger partial charge in [-0.15, -0.1) is 46.2 Å². The van der Waals surface area contributed by atoms with E-state index in [-0.39, 0.29) is 24.8 Å². The van der Waals surface area contributed by atoms with Crippen LogP contribution in [0, 0.1) is 43.6 Å². The fourth-order valence-corrected chi connectivity index (χ4v) is 12.1. The molecule has 302 valence electrons. The maximum atomic E-state index is 2.99. The minimum absolute atomic E-state index is 0. The molecule has 7 aromatic carbocycles. The fraction of sp³-hybridized carbons (Fsp3) is 0.263. The van der Waals surface area contributed by atoms with Crippen molar-refractivity contribution >= 4 is 24.8 Å². The van der Waals surface area contributed by atoms with Gasteiger partial charge in [0.25, 0.3) is 0 Å². The van der Waals surface area contributed by atoms with Gasteiger partial charge in [-0.2, -0.15) is 6.08 Å². The first-order valence-electron chi connectivity index (χ1n) is 21.6. The summed E-state index contributed by atoms with van der Waals surface area (Å²) in [6.07, 6.45) is 19.6. The second kappa shape index (κ2) is 20.2. The molecule has 0 aliphatic heterocycles. The summed E-state index contributed by atoms with van der Waals surface area (Å²) in [5.41, 5.74) is 12.8. The van der Waals surface area contributed by atoms with E-state index in [1.807, 2.05) is 12.2 Å². The SMILES string of the molecule is Cc1ccccc1-c1ccc2c(c1)[cH-]c1cc(-c3ccccc3C)c(C3C4CC5CC(C4)CC3C5)cc12.[C-]1=CC=CC1.[Cl-].[Cl-].[Zr+2]=[C](Cc1ccccc1)Cc1ccccc1. The molecule has 0 aromatic heterocycles. The molecule has 0 heterocycles. The van der Waals surface area contributed by atoms with E-state index in [9.17, 15) is 0 Å². The molecule has 0 N–H and O–H groups in total. The Bertz CT molecular complexity index is 2510. The van der Waals surface area contributed by atoms with Crippen LogP contribution in [0.25, 0.3) is 43.8 Å². The summed E-state index contributed by atoms with van der Waals surface area (Å²) in [6.45, 7) is 4.50. The summed E-state index contributed by atoms with van der Waals surface area (Å²) >= 11 is 1.55. The average molecular weight is 901 g/mol. The molecule has 0 amide bonds. The Labute approximate surface area is 385 Å². The standard InChI is InChI=1S/C37H35.C15H14.C5H5.2ClH.Zr/c1-22-7-3-5-9-31(22)26-11-12-33-27(18-26)19-28-20-35(32-10-6-4-8-23(32)2)36(21-34(28)33)37-29-14-24-13-25(16-29)17-30(37)15-24;1-3-8-14(9-4-1)12-7-13-15-10-5-2-6-11-15;1-2-4-5-3-1;;;/h3-12,18-21,24-25,29-30,37H,13-17H2,1-2H3;1-6,8-11H,12-13H2;1-3H,4H2;2*1H;/q-1;;-1;;;+2/p-2. The van der Waals surface area contributed by atoms with Crippen molar-refractivity contribution in [3.05, 3.63) is 198 Å². The summed E-state index contributed by atoms with van der Waals surface area (Å²) < 4.78 is 1.60. The van der Waals surface area contributed by atoms with Crippen molar-refractivity contribution in [2.45, 2.75) is 71.1 Å². The summed E-state index contributed by atoms with van der Waals surface area (Å²) in [6, 6.07) is 54.0. The fourth-order valence-electron chi connectivity index (χ4n) is 11.0. The van der Waals surface area contributed by atoms with Gasteiger partial charge in [0.2, 0.25) is 0 Å². The molecule has 0 radical (unpaired) electrons. The van der Waals surface area contributed by atoms with Gasteiger partial charge in [0, 0.05) is 0 Å². The van der Waals surface area contributed by atoms with Crippen LogP contribution in [-0.4, -0.2) is 3.21 Å². The van der Waals surface area contributed by atoms with E-state index in [0.717, 1.165) is 48.9 Å². The van der Waals surface area contributed by atoms with Crippen LogP contribution in [0.2, 0.25) is 0 Å². The Balaban J connectivity index is 0.000000197. The number of hydrogen-bond acceptors (Lipinski definition) is 0. The van der Waals surface area contributed by atoms with Crippen molar-refractivity contribution < 1.29 is 49.0 Å². The van der Waals surface area contributed by atoms with E-state index in [4.69, 9.17) is 0 Å². The number of aryl methyl sites for hydroxylation is 2. The molecule has 0 unspecified atom stereocenters. The molecular formula is C57H54Cl2Zr-2. The summed E-state index contributed by atoms with van der Waals surface area (Å²) in [5, 5.41) is 5.62. The zero-order chi connectivity index (χ0) is 39.4. The zero-order valence-electron chi connectivity index (χ0n) is 34.9. The number of rotatable bonds is 7. The molecule has 5 aliphatic carbocycles. The number of allylic oxidation sites excluding steroid dienone is 4. The quantitative estimate of drug-likeness (QED) is 0.141. The van der Waals surface area contributed by atoms with Crippen molar-refractivity contribution in [2.24, 2.45) is 23.7 Å². The van der Waals surface area contributed by atoms with Crippen molar-refractivity contribution in [2.75, 3.05) is 0 Å². The number of hydrogen-bond donors (Lipinski definition) is 0. The molecular weight excluding hydrogens is 847 g/mol. The van der Waals surface area contributed by atoms with Gasteiger partial charge in [0.1, 0.15) is 0 Å². The molecule has 0 nitrogen and oxygen atoms in total. The second-order valence-corrected chi connectivity index (χ2v) is 19.2. The zero-order valence-corrected chi connectivity index (χ0v) is 38.9. The predicted octanol–water partition coefficient (Wildman–Crippen LogP) is 8.71. The van der Waals surface area contributed by atoms with Crippen LogP contribution < -0.4 is 24.8 Å². The Hall–Kier alpha value is -4.00. The van der Waals surface area contributed by atoms with Gasteiger partial charge in [-0.05, 0) is 103 Å². The van der Waals surface area contributed by atoms with Gasteiger partial charge < -0.3 is 24.8 Å². The molecule has 12 rings (SSSR count). The summed E-state index contributed by atoms with van der Waals surface area (Å²) in [4.78, 5) is 0. The first-order chi connectivity index (χ1) is 28.5. The van der Waals surface area contributed by atoms with Crippen LogP contribution in [0.15, 0.2) is 164 Å². The van der Waals surface area contributed by atoms with E-state index in [0.29, 0.717) is 0 Å². The van der Waals surface area contributed by atoms with Crippen LogP contribution in [0.5, 0.6) is 0 Å². The van der Waals surface area contributed by atoms with E-state index >= 15 is 0 Å². The van der Waals surface area contributed by atoms with Crippen LogP contribution in [-0.2, 0) is 37.1 Å². The van der Waals surface area contributed by atoms with Crippen LogP contribution >= 0.6 is 0 Å². The van der Waals surface area contributed by atoms with E-state index < -0.39 is 0 Å². The Morgan fingerprint density at radius 2 is 1.13 bits per heavy atom. The molecule has 0 atom stereocenters. The van der Waals surface area contributed by atoms with E-state index in [1.165, 1.54) is 98.2 Å². The molecule has 60 heavy (non-hydrogen) atoms. The third-order valence-corrected chi connectivity index (χ3v) is 14.3. The van der Waals surface area contributed by atoms with Crippen molar-refractivity contribution in [3.8, 4) is 22.3 Å². The summed E-state index contributed by atoms with van der Waals surface area (Å²) in [5.74, 6) is 4.49. The van der Waals surface area contributed by atoms with Gasteiger partial charge in [-0.3, -0.25) is 6.08 Å². The van der Waals surface area contributed by atoms with Gasteiger partial charge in [-0.1, -0.05) is 77.9 Å². The first-order valence-corrected chi connectivity index (χ1v) is 22.8. The maximum absolute atomic E-state index is 2.99. The predicted molar refractivity (Wildman–Crippen MR) is 244 cm³/mol. The van der Waals surface area contributed by atoms with Crippen molar-refractivity contribution in [1.29, 1.82) is 0 Å². The van der Waals surface area contributed by atoms with Crippen molar-refractivity contribution in [3.63, 3.8) is 0 Å². The molecule has 0 saturated heterocycles. The molecule has 7 aromatic rings. The average Bonchev–Trinajstić information content (AvgIpc) is 3.94. The van der Waals surface area contributed by atoms with E-state index in [2.05, 4.69) is 172 Å². The molecule has 4 saturated carbocycles. The topological polar surface area (TPSA) is 0 Å². The van der Waals surface area contributed by atoms with Crippen LogP contribution in [0.1, 0.15) is 72.3 Å². The number of halogens is 2. The van der Waals surface area contributed by atoms with E-state index in [1.54, 1.807) is 33.0 Å². The van der Waals surface area contributed by atoms with Gasteiger partial charge >= 0.3 is 112 Å². The van der Waals surface area contributed by atoms with Crippen molar-refractivity contribution in [1.82, 2.24) is 0 Å². The normalized spacial score (nSPS) is 20.4. The molecule has 3 heteroatoms. The molecule has 4 fully saturated rings. The Kier molecular flexibility index (Phi) is 14.9. The Morgan fingerprint density at radius 1 is 0.583 bits per heavy atom.